The lowest BCUT2D eigenvalue weighted by Crippen LogP contribution is -2.44. The van der Waals surface area contributed by atoms with E-state index in [1.165, 1.54) is 5.56 Å². The van der Waals surface area contributed by atoms with Gasteiger partial charge in [-0.25, -0.2) is 0 Å². The number of carbonyl (C=O) groups excluding carboxylic acids is 1. The molecule has 3 rings (SSSR count). The molecular formula is C25H34N2O3. The highest BCUT2D eigenvalue weighted by molar-refractivity contribution is 5.98. The molecule has 0 saturated carbocycles. The number of hydrogen-bond donors (Lipinski definition) is 1. The van der Waals surface area contributed by atoms with Crippen LogP contribution in [0.5, 0.6) is 11.5 Å². The number of methoxy groups -OCH3 is 2. The maximum absolute atomic E-state index is 13.1. The summed E-state index contributed by atoms with van der Waals surface area (Å²) in [5.41, 5.74) is 3.01. The molecule has 2 aromatic carbocycles. The molecule has 0 aromatic heterocycles. The van der Waals surface area contributed by atoms with E-state index >= 15 is 0 Å². The molecule has 1 aliphatic heterocycles. The molecule has 30 heavy (non-hydrogen) atoms. The van der Waals surface area contributed by atoms with E-state index in [-0.39, 0.29) is 11.9 Å². The summed E-state index contributed by atoms with van der Waals surface area (Å²) in [4.78, 5) is 15.6. The Hall–Kier alpha value is -2.53. The van der Waals surface area contributed by atoms with Crippen molar-refractivity contribution in [1.29, 1.82) is 0 Å². The van der Waals surface area contributed by atoms with E-state index in [2.05, 4.69) is 41.4 Å². The second-order valence-electron chi connectivity index (χ2n) is 7.99. The van der Waals surface area contributed by atoms with E-state index in [9.17, 15) is 4.79 Å². The van der Waals surface area contributed by atoms with Crippen LogP contribution in [-0.2, 0) is 13.0 Å². The van der Waals surface area contributed by atoms with Crippen LogP contribution in [0, 0.1) is 0 Å². The van der Waals surface area contributed by atoms with Crippen LogP contribution in [0.1, 0.15) is 54.1 Å². The first-order valence-electron chi connectivity index (χ1n) is 11.0. The summed E-state index contributed by atoms with van der Waals surface area (Å²) < 4.78 is 11.0. The molecule has 1 saturated heterocycles. The summed E-state index contributed by atoms with van der Waals surface area (Å²) in [6, 6.07) is 14.7. The third-order valence-electron chi connectivity index (χ3n) is 5.77. The third kappa shape index (κ3) is 5.76. The van der Waals surface area contributed by atoms with E-state index in [4.69, 9.17) is 9.47 Å². The average Bonchev–Trinajstić information content (AvgIpc) is 2.78. The number of likely N-dealkylation sites (tertiary alicyclic amines) is 1. The van der Waals surface area contributed by atoms with Crippen LogP contribution in [0.3, 0.4) is 0 Å². The first kappa shape index (κ1) is 22.2. The molecule has 0 aliphatic carbocycles. The minimum Gasteiger partial charge on any atom is -0.493 e. The van der Waals surface area contributed by atoms with E-state index < -0.39 is 0 Å². The molecule has 1 heterocycles. The standard InChI is InChI=1S/C25H34N2O3/c1-4-5-9-20-16-22(24(30-3)23(17-20)29-2)25(28)26-21-12-14-27(15-13-21)18-19-10-7-6-8-11-19/h6-8,10-11,16-17,21H,4-5,9,12-15,18H2,1-3H3,(H,26,28). The zero-order valence-electron chi connectivity index (χ0n) is 18.4. The molecule has 0 bridgehead atoms. The predicted molar refractivity (Wildman–Crippen MR) is 120 cm³/mol. The Kier molecular flexibility index (Phi) is 8.14. The van der Waals surface area contributed by atoms with Gasteiger partial charge in [-0.2, -0.15) is 0 Å². The zero-order chi connectivity index (χ0) is 21.3. The number of unbranched alkanes of at least 4 members (excludes halogenated alkanes) is 1. The first-order chi connectivity index (χ1) is 14.6. The van der Waals surface area contributed by atoms with Gasteiger partial charge in [0, 0.05) is 25.7 Å². The number of nitrogens with one attached hydrogen (secondary N) is 1. The fourth-order valence-corrected chi connectivity index (χ4v) is 4.06. The number of rotatable bonds is 9. The van der Waals surface area contributed by atoms with Crippen LogP contribution < -0.4 is 14.8 Å². The van der Waals surface area contributed by atoms with Gasteiger partial charge in [-0.3, -0.25) is 9.69 Å². The van der Waals surface area contributed by atoms with E-state index in [1.807, 2.05) is 18.2 Å². The van der Waals surface area contributed by atoms with Crippen LogP contribution >= 0.6 is 0 Å². The maximum Gasteiger partial charge on any atom is 0.255 e. The van der Waals surface area contributed by atoms with Crippen LogP contribution in [-0.4, -0.2) is 44.2 Å². The van der Waals surface area contributed by atoms with Crippen LogP contribution in [0.25, 0.3) is 0 Å². The quantitative estimate of drug-likeness (QED) is 0.664. The van der Waals surface area contributed by atoms with Gasteiger partial charge in [-0.15, -0.1) is 0 Å². The molecule has 0 radical (unpaired) electrons. The van der Waals surface area contributed by atoms with E-state index in [0.717, 1.165) is 57.3 Å². The predicted octanol–water partition coefficient (Wildman–Crippen LogP) is 4.44. The van der Waals surface area contributed by atoms with Crippen molar-refractivity contribution in [3.05, 3.63) is 59.2 Å². The molecule has 1 aliphatic rings. The second-order valence-corrected chi connectivity index (χ2v) is 7.99. The van der Waals surface area contributed by atoms with Crippen molar-refractivity contribution in [3.8, 4) is 11.5 Å². The number of aryl methyl sites for hydroxylation is 1. The van der Waals surface area contributed by atoms with E-state index in [0.29, 0.717) is 17.1 Å². The molecule has 5 nitrogen and oxygen atoms in total. The lowest BCUT2D eigenvalue weighted by Gasteiger charge is -2.32. The second kappa shape index (κ2) is 11.0. The number of nitrogens with zero attached hydrogens (tertiary/aromatic N) is 1. The third-order valence-corrected chi connectivity index (χ3v) is 5.77. The van der Waals surface area contributed by atoms with Gasteiger partial charge in [-0.05, 0) is 48.9 Å². The summed E-state index contributed by atoms with van der Waals surface area (Å²) in [5.74, 6) is 1.05. The summed E-state index contributed by atoms with van der Waals surface area (Å²) in [7, 11) is 3.20. The summed E-state index contributed by atoms with van der Waals surface area (Å²) in [5, 5.41) is 3.23. The fourth-order valence-electron chi connectivity index (χ4n) is 4.06. The minimum atomic E-state index is -0.0787. The zero-order valence-corrected chi connectivity index (χ0v) is 18.4. The molecule has 0 spiro atoms. The van der Waals surface area contributed by atoms with Crippen LogP contribution in [0.2, 0.25) is 0 Å². The van der Waals surface area contributed by atoms with Crippen molar-refractivity contribution in [1.82, 2.24) is 10.2 Å². The van der Waals surface area contributed by atoms with Crippen molar-refractivity contribution >= 4 is 5.91 Å². The number of ether oxygens (including phenoxy) is 2. The summed E-state index contributed by atoms with van der Waals surface area (Å²) in [6.07, 6.45) is 5.02. The number of carbonyl (C=O) groups is 1. The molecule has 1 N–H and O–H groups in total. The summed E-state index contributed by atoms with van der Waals surface area (Å²) in [6.45, 7) is 5.10. The van der Waals surface area contributed by atoms with Gasteiger partial charge < -0.3 is 14.8 Å². The lowest BCUT2D eigenvalue weighted by molar-refractivity contribution is 0.0905. The van der Waals surface area contributed by atoms with Gasteiger partial charge in [0.05, 0.1) is 19.8 Å². The van der Waals surface area contributed by atoms with Crippen molar-refractivity contribution in [2.24, 2.45) is 0 Å². The molecule has 1 fully saturated rings. The molecule has 2 aromatic rings. The normalized spacial score (nSPS) is 15.0. The van der Waals surface area contributed by atoms with Gasteiger partial charge in [0.15, 0.2) is 11.5 Å². The monoisotopic (exact) mass is 410 g/mol. The smallest absolute Gasteiger partial charge is 0.255 e. The Labute approximate surface area is 180 Å². The maximum atomic E-state index is 13.1. The Morgan fingerprint density at radius 2 is 1.80 bits per heavy atom. The first-order valence-corrected chi connectivity index (χ1v) is 11.0. The topological polar surface area (TPSA) is 50.8 Å². The lowest BCUT2D eigenvalue weighted by atomic mass is 10.0. The Morgan fingerprint density at radius 3 is 2.43 bits per heavy atom. The largest absolute Gasteiger partial charge is 0.493 e. The number of hydrogen-bond acceptors (Lipinski definition) is 4. The van der Waals surface area contributed by atoms with Gasteiger partial charge in [-0.1, -0.05) is 43.7 Å². The summed E-state index contributed by atoms with van der Waals surface area (Å²) >= 11 is 0. The molecule has 1 amide bonds. The highest BCUT2D eigenvalue weighted by Crippen LogP contribution is 2.33. The Bertz CT molecular complexity index is 815. The average molecular weight is 411 g/mol. The van der Waals surface area contributed by atoms with Gasteiger partial charge >= 0.3 is 0 Å². The minimum absolute atomic E-state index is 0.0787. The van der Waals surface area contributed by atoms with Gasteiger partial charge in [0.25, 0.3) is 5.91 Å². The van der Waals surface area contributed by atoms with Crippen LogP contribution in [0.4, 0.5) is 0 Å². The van der Waals surface area contributed by atoms with E-state index in [1.54, 1.807) is 14.2 Å². The number of piperidine rings is 1. The highest BCUT2D eigenvalue weighted by atomic mass is 16.5. The Balaban J connectivity index is 1.63. The highest BCUT2D eigenvalue weighted by Gasteiger charge is 2.24. The molecular weight excluding hydrogens is 376 g/mol. The molecule has 5 heteroatoms. The van der Waals surface area contributed by atoms with Crippen molar-refractivity contribution < 1.29 is 14.3 Å². The Morgan fingerprint density at radius 1 is 1.07 bits per heavy atom. The number of amides is 1. The van der Waals surface area contributed by atoms with Crippen LogP contribution in [0.15, 0.2) is 42.5 Å². The van der Waals surface area contributed by atoms with Gasteiger partial charge in [0.2, 0.25) is 0 Å². The van der Waals surface area contributed by atoms with Crippen molar-refractivity contribution in [3.63, 3.8) is 0 Å². The number of benzene rings is 2. The van der Waals surface area contributed by atoms with Gasteiger partial charge in [0.1, 0.15) is 0 Å². The van der Waals surface area contributed by atoms with Crippen molar-refractivity contribution in [2.75, 3.05) is 27.3 Å². The molecule has 162 valence electrons. The van der Waals surface area contributed by atoms with Crippen molar-refractivity contribution in [2.45, 2.75) is 51.6 Å². The fraction of sp³-hybridized carbons (Fsp3) is 0.480. The molecule has 0 atom stereocenters. The SMILES string of the molecule is CCCCc1cc(OC)c(OC)c(C(=O)NC2CCN(Cc3ccccc3)CC2)c1. The molecule has 0 unspecified atom stereocenters.